The van der Waals surface area contributed by atoms with E-state index in [1.807, 2.05) is 0 Å². The van der Waals surface area contributed by atoms with Gasteiger partial charge in [-0.3, -0.25) is 0 Å². The molecule has 0 fully saturated rings. The van der Waals surface area contributed by atoms with Gasteiger partial charge in [-0.1, -0.05) is 31.9 Å². The van der Waals surface area contributed by atoms with E-state index in [1.54, 1.807) is 6.92 Å². The average molecular weight is 283 g/mol. The van der Waals surface area contributed by atoms with E-state index in [0.29, 0.717) is 12.2 Å². The molecule has 0 aromatic carbocycles. The molecular formula is C11H20Cl2O2Si. The number of ether oxygens (including phenoxy) is 1. The lowest BCUT2D eigenvalue weighted by Gasteiger charge is -2.04. The van der Waals surface area contributed by atoms with Gasteiger partial charge in [0, 0.05) is 5.57 Å². The molecular weight excluding hydrogens is 263 g/mol. The minimum Gasteiger partial charge on any atom is -0.462 e. The van der Waals surface area contributed by atoms with Gasteiger partial charge in [0.15, 0.2) is 0 Å². The Hall–Kier alpha value is 0.00688. The second-order valence-electron chi connectivity index (χ2n) is 3.86. The van der Waals surface area contributed by atoms with Crippen LogP contribution in [0, 0.1) is 0 Å². The number of carbonyl (C=O) groups is 1. The number of esters is 1. The molecule has 16 heavy (non-hydrogen) atoms. The normalized spacial score (nSPS) is 11.2. The quantitative estimate of drug-likeness (QED) is 0.214. The zero-order valence-electron chi connectivity index (χ0n) is 9.81. The third-order valence-corrected chi connectivity index (χ3v) is 4.80. The summed E-state index contributed by atoms with van der Waals surface area (Å²) in [6.07, 6.45) is 4.37. The van der Waals surface area contributed by atoms with E-state index in [0.717, 1.165) is 19.3 Å². The van der Waals surface area contributed by atoms with Crippen LogP contribution in [0.5, 0.6) is 0 Å². The summed E-state index contributed by atoms with van der Waals surface area (Å²) in [6.45, 7) is 5.67. The predicted octanol–water partition coefficient (Wildman–Crippen LogP) is 3.01. The summed E-state index contributed by atoms with van der Waals surface area (Å²) in [4.78, 5) is 11.0. The lowest BCUT2D eigenvalue weighted by atomic mass is 10.2. The Morgan fingerprint density at radius 3 is 2.50 bits per heavy atom. The maximum absolute atomic E-state index is 11.0. The van der Waals surface area contributed by atoms with Crippen molar-refractivity contribution in [1.29, 1.82) is 0 Å². The average Bonchev–Trinajstić information content (AvgIpc) is 2.21. The monoisotopic (exact) mass is 282 g/mol. The first kappa shape index (κ1) is 16.0. The van der Waals surface area contributed by atoms with Crippen LogP contribution in [-0.4, -0.2) is 26.6 Å². The van der Waals surface area contributed by atoms with Crippen LogP contribution in [0.3, 0.4) is 0 Å². The number of hydrogen-bond donors (Lipinski definition) is 0. The molecule has 0 saturated carbocycles. The molecule has 2 nitrogen and oxygen atoms in total. The van der Waals surface area contributed by atoms with E-state index in [2.05, 4.69) is 6.58 Å². The van der Waals surface area contributed by atoms with Crippen LogP contribution in [0.15, 0.2) is 12.2 Å². The van der Waals surface area contributed by atoms with E-state index in [-0.39, 0.29) is 19.9 Å². The number of hydrogen-bond acceptors (Lipinski definition) is 2. The summed E-state index contributed by atoms with van der Waals surface area (Å²) < 4.78 is 4.88. The zero-order chi connectivity index (χ0) is 12.4. The molecule has 0 atom stereocenters. The lowest BCUT2D eigenvalue weighted by Crippen LogP contribution is -2.06. The molecule has 0 aliphatic rings. The van der Waals surface area contributed by atoms with Gasteiger partial charge in [-0.05, 0) is 13.3 Å². The van der Waals surface area contributed by atoms with Gasteiger partial charge in [0.25, 0.3) is 0 Å². The van der Waals surface area contributed by atoms with Crippen molar-refractivity contribution in [3.05, 3.63) is 12.2 Å². The minimum absolute atomic E-state index is 0.100. The molecule has 0 aliphatic heterocycles. The lowest BCUT2D eigenvalue weighted by molar-refractivity contribution is -0.139. The maximum Gasteiger partial charge on any atom is 0.333 e. The van der Waals surface area contributed by atoms with E-state index in [9.17, 15) is 4.79 Å². The summed E-state index contributed by atoms with van der Waals surface area (Å²) in [5.74, 6) is -0.292. The van der Waals surface area contributed by atoms with Crippen molar-refractivity contribution < 1.29 is 9.53 Å². The van der Waals surface area contributed by atoms with Crippen LogP contribution in [0.4, 0.5) is 0 Å². The fourth-order valence-electron chi connectivity index (χ4n) is 1.22. The van der Waals surface area contributed by atoms with Gasteiger partial charge < -0.3 is 4.74 Å². The highest BCUT2D eigenvalue weighted by Gasteiger charge is 2.02. The molecule has 0 radical (unpaired) electrons. The van der Waals surface area contributed by atoms with Crippen molar-refractivity contribution in [1.82, 2.24) is 0 Å². The second kappa shape index (κ2) is 10.2. The van der Waals surface area contributed by atoms with Gasteiger partial charge >= 0.3 is 5.97 Å². The number of alkyl halides is 2. The van der Waals surface area contributed by atoms with Gasteiger partial charge in [-0.15, -0.1) is 23.2 Å². The van der Waals surface area contributed by atoms with E-state index in [1.165, 1.54) is 12.5 Å². The van der Waals surface area contributed by atoms with Crippen LogP contribution in [0.2, 0.25) is 6.04 Å². The van der Waals surface area contributed by atoms with Gasteiger partial charge in [0.05, 0.1) is 20.6 Å². The van der Waals surface area contributed by atoms with Crippen LogP contribution in [0.1, 0.15) is 32.6 Å². The molecule has 0 saturated heterocycles. The second-order valence-corrected chi connectivity index (χ2v) is 8.28. The molecule has 5 heteroatoms. The van der Waals surface area contributed by atoms with Crippen LogP contribution < -0.4 is 0 Å². The Kier molecular flexibility index (Phi) is 10.2. The fraction of sp³-hybridized carbons (Fsp3) is 0.727. The fourth-order valence-corrected chi connectivity index (χ4v) is 3.10. The molecule has 0 rings (SSSR count). The Morgan fingerprint density at radius 2 is 1.94 bits per heavy atom. The zero-order valence-corrected chi connectivity index (χ0v) is 12.7. The molecule has 0 unspecified atom stereocenters. The first-order chi connectivity index (χ1) is 7.54. The summed E-state index contributed by atoms with van der Waals surface area (Å²) in [5.41, 5.74) is 0.460. The van der Waals surface area contributed by atoms with Crippen molar-refractivity contribution in [3.63, 3.8) is 0 Å². The van der Waals surface area contributed by atoms with Gasteiger partial charge in [-0.2, -0.15) is 0 Å². The van der Waals surface area contributed by atoms with Crippen LogP contribution >= 0.6 is 23.2 Å². The highest BCUT2D eigenvalue weighted by atomic mass is 35.5. The minimum atomic E-state index is -0.292. The van der Waals surface area contributed by atoms with Crippen LogP contribution in [-0.2, 0) is 9.53 Å². The van der Waals surface area contributed by atoms with Gasteiger partial charge in [0.2, 0.25) is 0 Å². The first-order valence-corrected chi connectivity index (χ1v) is 8.33. The molecule has 0 N–H and O–H groups in total. The summed E-state index contributed by atoms with van der Waals surface area (Å²) in [7, 11) is -0.283. The van der Waals surface area contributed by atoms with E-state index >= 15 is 0 Å². The van der Waals surface area contributed by atoms with Crippen molar-refractivity contribution in [3.8, 4) is 0 Å². The molecule has 0 bridgehead atoms. The molecule has 0 amide bonds. The SMILES string of the molecule is C=C(C)C(=O)OCCCCCC[SiH2]C(Cl)Cl. The number of rotatable bonds is 9. The van der Waals surface area contributed by atoms with Crippen molar-refractivity contribution in [2.24, 2.45) is 0 Å². The number of carbonyl (C=O) groups excluding carboxylic acids is 1. The highest BCUT2D eigenvalue weighted by molar-refractivity contribution is 6.68. The predicted molar refractivity (Wildman–Crippen MR) is 73.1 cm³/mol. The van der Waals surface area contributed by atoms with Crippen molar-refractivity contribution >= 4 is 38.7 Å². The molecule has 0 spiro atoms. The third-order valence-electron chi connectivity index (χ3n) is 2.15. The summed E-state index contributed by atoms with van der Waals surface area (Å²) >= 11 is 11.3. The van der Waals surface area contributed by atoms with Gasteiger partial charge in [-0.25, -0.2) is 4.79 Å². The molecule has 0 heterocycles. The maximum atomic E-state index is 11.0. The van der Waals surface area contributed by atoms with Crippen molar-refractivity contribution in [2.75, 3.05) is 6.61 Å². The standard InChI is InChI=1S/C11H20Cl2O2Si/c1-9(2)10(14)15-7-5-3-4-6-8-16-11(12)13/h11H,1,3-8,16H2,2H3. The molecule has 94 valence electrons. The van der Waals surface area contributed by atoms with Crippen LogP contribution in [0.25, 0.3) is 0 Å². The molecule has 0 aliphatic carbocycles. The van der Waals surface area contributed by atoms with Gasteiger partial charge in [0.1, 0.15) is 0 Å². The Labute approximate surface area is 110 Å². The Morgan fingerprint density at radius 1 is 1.31 bits per heavy atom. The van der Waals surface area contributed by atoms with Crippen molar-refractivity contribution in [2.45, 2.75) is 43.1 Å². The number of unbranched alkanes of at least 4 members (excludes halogenated alkanes) is 3. The van der Waals surface area contributed by atoms with E-state index < -0.39 is 0 Å². The number of halogens is 2. The van der Waals surface area contributed by atoms with E-state index in [4.69, 9.17) is 27.9 Å². The first-order valence-electron chi connectivity index (χ1n) is 5.65. The largest absolute Gasteiger partial charge is 0.462 e. The highest BCUT2D eigenvalue weighted by Crippen LogP contribution is 2.08. The third kappa shape index (κ3) is 10.5. The summed E-state index contributed by atoms with van der Waals surface area (Å²) in [6, 6.07) is 1.20. The Bertz CT molecular complexity index is 220. The smallest absolute Gasteiger partial charge is 0.333 e. The molecule has 0 aromatic heterocycles. The topological polar surface area (TPSA) is 26.3 Å². The molecule has 0 aromatic rings. The summed E-state index contributed by atoms with van der Waals surface area (Å²) in [5, 5.41) is 0. The Balaban J connectivity index is 3.16.